The topological polar surface area (TPSA) is 69.0 Å². The van der Waals surface area contributed by atoms with Crippen LogP contribution in [0.2, 0.25) is 10.0 Å². The highest BCUT2D eigenvalue weighted by molar-refractivity contribution is 7.99. The summed E-state index contributed by atoms with van der Waals surface area (Å²) in [6.07, 6.45) is 1.70. The van der Waals surface area contributed by atoms with Gasteiger partial charge >= 0.3 is 0 Å². The van der Waals surface area contributed by atoms with E-state index in [4.69, 9.17) is 27.9 Å². The highest BCUT2D eigenvalue weighted by Gasteiger charge is 2.15. The van der Waals surface area contributed by atoms with E-state index in [0.29, 0.717) is 34.0 Å². The van der Waals surface area contributed by atoms with E-state index in [1.54, 1.807) is 22.8 Å². The van der Waals surface area contributed by atoms with Crippen LogP contribution in [-0.2, 0) is 17.9 Å². The minimum Gasteiger partial charge on any atom is -0.486 e. The number of halogens is 3. The first-order valence-electron chi connectivity index (χ1n) is 9.17. The van der Waals surface area contributed by atoms with Crippen LogP contribution >= 0.6 is 35.0 Å². The average molecular weight is 481 g/mol. The summed E-state index contributed by atoms with van der Waals surface area (Å²) in [7, 11) is 0. The molecule has 2 aromatic carbocycles. The molecule has 0 spiro atoms. The first kappa shape index (κ1) is 23.1. The van der Waals surface area contributed by atoms with Crippen molar-refractivity contribution in [2.75, 3.05) is 11.1 Å². The largest absolute Gasteiger partial charge is 0.486 e. The van der Waals surface area contributed by atoms with E-state index < -0.39 is 5.82 Å². The molecule has 0 fully saturated rings. The SMILES string of the molecule is C=CCn1c(COc2ccc(F)c(Cl)c2)nnc1SCC(=O)Nc1cc(Cl)ccc1C. The lowest BCUT2D eigenvalue weighted by molar-refractivity contribution is -0.113. The summed E-state index contributed by atoms with van der Waals surface area (Å²) >= 11 is 13.0. The molecule has 0 bridgehead atoms. The molecule has 0 atom stereocenters. The van der Waals surface area contributed by atoms with Crippen LogP contribution in [0.3, 0.4) is 0 Å². The van der Waals surface area contributed by atoms with Crippen molar-refractivity contribution in [3.05, 3.63) is 76.3 Å². The predicted molar refractivity (Wildman–Crippen MR) is 122 cm³/mol. The van der Waals surface area contributed by atoms with Gasteiger partial charge in [0.2, 0.25) is 5.91 Å². The molecule has 0 unspecified atom stereocenters. The van der Waals surface area contributed by atoms with Crippen LogP contribution in [0.25, 0.3) is 0 Å². The van der Waals surface area contributed by atoms with Crippen LogP contribution in [0.15, 0.2) is 54.2 Å². The maximum atomic E-state index is 13.3. The second kappa shape index (κ2) is 10.7. The van der Waals surface area contributed by atoms with Crippen LogP contribution in [0, 0.1) is 12.7 Å². The first-order chi connectivity index (χ1) is 14.9. The fourth-order valence-electron chi connectivity index (χ4n) is 2.60. The van der Waals surface area contributed by atoms with Gasteiger partial charge in [-0.2, -0.15) is 0 Å². The van der Waals surface area contributed by atoms with Crippen molar-refractivity contribution in [2.24, 2.45) is 0 Å². The van der Waals surface area contributed by atoms with Crippen LogP contribution in [0.1, 0.15) is 11.4 Å². The third kappa shape index (κ3) is 6.22. The van der Waals surface area contributed by atoms with Crippen molar-refractivity contribution in [2.45, 2.75) is 25.2 Å². The van der Waals surface area contributed by atoms with Gasteiger partial charge in [-0.05, 0) is 36.8 Å². The number of nitrogens with zero attached hydrogens (tertiary/aromatic N) is 3. The number of thioether (sulfide) groups is 1. The molecule has 6 nitrogen and oxygen atoms in total. The monoisotopic (exact) mass is 480 g/mol. The number of hydrogen-bond acceptors (Lipinski definition) is 5. The second-order valence-electron chi connectivity index (χ2n) is 6.46. The number of benzene rings is 2. The number of hydrogen-bond donors (Lipinski definition) is 1. The standard InChI is InChI=1S/C21H19Cl2FN4O2S/c1-3-8-28-19(11-30-15-6-7-17(24)16(23)10-15)26-27-21(28)31-12-20(29)25-18-9-14(22)5-4-13(18)2/h3-7,9-10H,1,8,11-12H2,2H3,(H,25,29). The number of allylic oxidation sites excluding steroid dienone is 1. The van der Waals surface area contributed by atoms with Gasteiger partial charge in [-0.1, -0.05) is 47.1 Å². The van der Waals surface area contributed by atoms with Gasteiger partial charge in [0.25, 0.3) is 0 Å². The number of rotatable bonds is 9. The van der Waals surface area contributed by atoms with Crippen LogP contribution < -0.4 is 10.1 Å². The molecule has 3 aromatic rings. The summed E-state index contributed by atoms with van der Waals surface area (Å²) in [5.74, 6) is 0.366. The number of ether oxygens (including phenoxy) is 1. The van der Waals surface area contributed by atoms with E-state index in [1.165, 1.54) is 30.0 Å². The second-order valence-corrected chi connectivity index (χ2v) is 8.24. The molecule has 1 amide bonds. The van der Waals surface area contributed by atoms with Gasteiger partial charge in [0.05, 0.1) is 10.8 Å². The molecule has 0 aliphatic carbocycles. The van der Waals surface area contributed by atoms with Gasteiger partial charge in [-0.3, -0.25) is 9.36 Å². The van der Waals surface area contributed by atoms with Crippen LogP contribution in [0.5, 0.6) is 5.75 Å². The van der Waals surface area contributed by atoms with Crippen LogP contribution in [-0.4, -0.2) is 26.4 Å². The number of carbonyl (C=O) groups excluding carboxylic acids is 1. The Hall–Kier alpha value is -2.55. The molecule has 10 heteroatoms. The van der Waals surface area contributed by atoms with Gasteiger partial charge < -0.3 is 10.1 Å². The summed E-state index contributed by atoms with van der Waals surface area (Å²) in [6, 6.07) is 9.41. The Morgan fingerprint density at radius 2 is 2.10 bits per heavy atom. The molecule has 0 saturated heterocycles. The molecule has 1 aromatic heterocycles. The zero-order chi connectivity index (χ0) is 22.4. The normalized spacial score (nSPS) is 10.7. The van der Waals surface area contributed by atoms with Gasteiger partial charge in [-0.15, -0.1) is 16.8 Å². The molecule has 0 saturated carbocycles. The van der Waals surface area contributed by atoms with Gasteiger partial charge in [-0.25, -0.2) is 4.39 Å². The zero-order valence-electron chi connectivity index (χ0n) is 16.6. The Morgan fingerprint density at radius 3 is 2.84 bits per heavy atom. The van der Waals surface area contributed by atoms with Gasteiger partial charge in [0.15, 0.2) is 11.0 Å². The number of aryl methyl sites for hydroxylation is 1. The Bertz CT molecular complexity index is 1110. The van der Waals surface area contributed by atoms with Crippen LogP contribution in [0.4, 0.5) is 10.1 Å². The van der Waals surface area contributed by atoms with E-state index in [9.17, 15) is 9.18 Å². The maximum absolute atomic E-state index is 13.3. The van der Waals surface area contributed by atoms with E-state index in [0.717, 1.165) is 5.56 Å². The number of amides is 1. The molecule has 0 aliphatic heterocycles. The maximum Gasteiger partial charge on any atom is 0.234 e. The number of carbonyl (C=O) groups is 1. The molecule has 162 valence electrons. The predicted octanol–water partition coefficient (Wildman–Crippen LogP) is 5.53. The minimum absolute atomic E-state index is 0.0257. The third-order valence-electron chi connectivity index (χ3n) is 4.17. The smallest absolute Gasteiger partial charge is 0.234 e. The van der Waals surface area contributed by atoms with E-state index in [2.05, 4.69) is 22.1 Å². The molecular formula is C21H19Cl2FN4O2S. The molecule has 0 radical (unpaired) electrons. The van der Waals surface area contributed by atoms with E-state index >= 15 is 0 Å². The summed E-state index contributed by atoms with van der Waals surface area (Å²) < 4.78 is 20.7. The quantitative estimate of drug-likeness (QED) is 0.322. The molecule has 1 heterocycles. The van der Waals surface area contributed by atoms with Crippen molar-refractivity contribution in [3.63, 3.8) is 0 Å². The molecule has 0 aliphatic rings. The van der Waals surface area contributed by atoms with Crippen molar-refractivity contribution in [1.82, 2.24) is 14.8 Å². The van der Waals surface area contributed by atoms with E-state index in [1.807, 2.05) is 13.0 Å². The summed E-state index contributed by atoms with van der Waals surface area (Å²) in [5, 5.41) is 12.2. The van der Waals surface area contributed by atoms with Crippen molar-refractivity contribution >= 4 is 46.6 Å². The zero-order valence-corrected chi connectivity index (χ0v) is 18.9. The lowest BCUT2D eigenvalue weighted by atomic mass is 10.2. The lowest BCUT2D eigenvalue weighted by Crippen LogP contribution is -2.15. The van der Waals surface area contributed by atoms with E-state index in [-0.39, 0.29) is 23.3 Å². The van der Waals surface area contributed by atoms with Crippen molar-refractivity contribution < 1.29 is 13.9 Å². The Kier molecular flexibility index (Phi) is 7.95. The van der Waals surface area contributed by atoms with Gasteiger partial charge in [0.1, 0.15) is 18.2 Å². The summed E-state index contributed by atoms with van der Waals surface area (Å²) in [5.41, 5.74) is 1.58. The lowest BCUT2D eigenvalue weighted by Gasteiger charge is -2.10. The summed E-state index contributed by atoms with van der Waals surface area (Å²) in [4.78, 5) is 12.4. The number of aromatic nitrogens is 3. The minimum atomic E-state index is -0.520. The summed E-state index contributed by atoms with van der Waals surface area (Å²) in [6.45, 7) is 6.17. The average Bonchev–Trinajstić information content (AvgIpc) is 3.12. The molecular weight excluding hydrogens is 462 g/mol. The molecule has 3 rings (SSSR count). The third-order valence-corrected chi connectivity index (χ3v) is 5.66. The Labute approximate surface area is 193 Å². The number of anilines is 1. The molecule has 1 N–H and O–H groups in total. The highest BCUT2D eigenvalue weighted by atomic mass is 35.5. The van der Waals surface area contributed by atoms with Crippen molar-refractivity contribution in [3.8, 4) is 5.75 Å². The fourth-order valence-corrected chi connectivity index (χ4v) is 3.71. The molecule has 31 heavy (non-hydrogen) atoms. The fraction of sp³-hybridized carbons (Fsp3) is 0.190. The van der Waals surface area contributed by atoms with Crippen molar-refractivity contribution in [1.29, 1.82) is 0 Å². The van der Waals surface area contributed by atoms with Gasteiger partial charge in [0, 0.05) is 23.3 Å². The highest BCUT2D eigenvalue weighted by Crippen LogP contribution is 2.24. The Balaban J connectivity index is 1.64. The number of nitrogens with one attached hydrogen (secondary N) is 1. The Morgan fingerprint density at radius 1 is 1.29 bits per heavy atom. The first-order valence-corrected chi connectivity index (χ1v) is 10.9.